The van der Waals surface area contributed by atoms with Gasteiger partial charge in [-0.15, -0.1) is 0 Å². The van der Waals surface area contributed by atoms with Crippen LogP contribution >= 0.6 is 34.8 Å². The van der Waals surface area contributed by atoms with Crippen molar-refractivity contribution in [2.75, 3.05) is 5.32 Å². The van der Waals surface area contributed by atoms with Gasteiger partial charge in [0.15, 0.2) is 0 Å². The molecule has 0 aromatic heterocycles. The number of hydrogen-bond donors (Lipinski definition) is 1. The van der Waals surface area contributed by atoms with Crippen molar-refractivity contribution in [1.29, 1.82) is 5.26 Å². The van der Waals surface area contributed by atoms with Gasteiger partial charge in [0.2, 0.25) is 0 Å². The van der Waals surface area contributed by atoms with Crippen LogP contribution in [-0.4, -0.2) is 0 Å². The van der Waals surface area contributed by atoms with Gasteiger partial charge in [0.25, 0.3) is 0 Å². The maximum atomic E-state index is 13.2. The van der Waals surface area contributed by atoms with Crippen LogP contribution in [-0.2, 0) is 6.54 Å². The number of benzene rings is 2. The number of nitriles is 1. The number of nitrogens with zero attached hydrogens (tertiary/aromatic N) is 1. The second-order valence-corrected chi connectivity index (χ2v) is 5.26. The van der Waals surface area contributed by atoms with Gasteiger partial charge in [-0.1, -0.05) is 34.8 Å². The number of halogens is 4. The predicted octanol–water partition coefficient (Wildman–Crippen LogP) is 5.27. The molecule has 0 saturated heterocycles. The van der Waals surface area contributed by atoms with Crippen LogP contribution in [0.3, 0.4) is 0 Å². The highest BCUT2D eigenvalue weighted by molar-refractivity contribution is 6.41. The first-order valence-electron chi connectivity index (χ1n) is 5.58. The van der Waals surface area contributed by atoms with Crippen molar-refractivity contribution < 1.29 is 4.39 Å². The third kappa shape index (κ3) is 3.34. The zero-order valence-corrected chi connectivity index (χ0v) is 12.3. The SMILES string of the molecule is N#Cc1ccc(F)cc1CNc1c(Cl)cc(Cl)cc1Cl. The van der Waals surface area contributed by atoms with Gasteiger partial charge < -0.3 is 5.32 Å². The van der Waals surface area contributed by atoms with Crippen molar-refractivity contribution in [2.45, 2.75) is 6.54 Å². The molecule has 0 amide bonds. The fraction of sp³-hybridized carbons (Fsp3) is 0.0714. The van der Waals surface area contributed by atoms with Crippen molar-refractivity contribution in [3.63, 3.8) is 0 Å². The van der Waals surface area contributed by atoms with E-state index >= 15 is 0 Å². The Bertz CT molecular complexity index is 672. The number of rotatable bonds is 3. The molecule has 2 aromatic rings. The molecule has 102 valence electrons. The highest BCUT2D eigenvalue weighted by atomic mass is 35.5. The van der Waals surface area contributed by atoms with E-state index < -0.39 is 5.82 Å². The third-order valence-corrected chi connectivity index (χ3v) is 3.46. The van der Waals surface area contributed by atoms with E-state index in [2.05, 4.69) is 5.32 Å². The van der Waals surface area contributed by atoms with Crippen LogP contribution in [0.25, 0.3) is 0 Å². The Morgan fingerprint density at radius 3 is 2.35 bits per heavy atom. The van der Waals surface area contributed by atoms with Gasteiger partial charge in [0, 0.05) is 11.6 Å². The first-order valence-corrected chi connectivity index (χ1v) is 6.71. The summed E-state index contributed by atoms with van der Waals surface area (Å²) in [6, 6.07) is 9.07. The molecule has 0 aliphatic heterocycles. The molecule has 0 heterocycles. The maximum absolute atomic E-state index is 13.2. The monoisotopic (exact) mass is 328 g/mol. The lowest BCUT2D eigenvalue weighted by molar-refractivity contribution is 0.625. The normalized spacial score (nSPS) is 10.2. The second-order valence-electron chi connectivity index (χ2n) is 4.01. The summed E-state index contributed by atoms with van der Waals surface area (Å²) in [5.74, 6) is -0.408. The standard InChI is InChI=1S/C14H8Cl3FN2/c15-10-4-12(16)14(13(17)5-10)20-7-9-3-11(18)2-1-8(9)6-19/h1-5,20H,7H2. The molecule has 20 heavy (non-hydrogen) atoms. The molecular formula is C14H8Cl3FN2. The summed E-state index contributed by atoms with van der Waals surface area (Å²) in [6.07, 6.45) is 0. The average Bonchev–Trinajstić information content (AvgIpc) is 2.37. The Labute approximate surface area is 130 Å². The van der Waals surface area contributed by atoms with Crippen molar-refractivity contribution in [3.05, 3.63) is 62.3 Å². The lowest BCUT2D eigenvalue weighted by Gasteiger charge is -2.12. The molecule has 0 unspecified atom stereocenters. The molecule has 0 radical (unpaired) electrons. The van der Waals surface area contributed by atoms with Crippen LogP contribution in [0.4, 0.5) is 10.1 Å². The molecule has 2 aromatic carbocycles. The molecule has 0 saturated carbocycles. The minimum atomic E-state index is -0.408. The molecule has 0 bridgehead atoms. The number of anilines is 1. The van der Waals surface area contributed by atoms with E-state index in [0.717, 1.165) is 0 Å². The van der Waals surface area contributed by atoms with Crippen molar-refractivity contribution in [2.24, 2.45) is 0 Å². The molecular weight excluding hydrogens is 322 g/mol. The van der Waals surface area contributed by atoms with E-state index in [-0.39, 0.29) is 6.54 Å². The summed E-state index contributed by atoms with van der Waals surface area (Å²) in [5.41, 5.74) is 1.40. The van der Waals surface area contributed by atoms with Gasteiger partial charge in [-0.25, -0.2) is 4.39 Å². The summed E-state index contributed by atoms with van der Waals surface area (Å²) in [7, 11) is 0. The number of hydrogen-bond acceptors (Lipinski definition) is 2. The van der Waals surface area contributed by atoms with Gasteiger partial charge in [0.05, 0.1) is 27.4 Å². The Kier molecular flexibility index (Phi) is 4.72. The van der Waals surface area contributed by atoms with Gasteiger partial charge in [-0.05, 0) is 35.9 Å². The first-order chi connectivity index (χ1) is 9.51. The lowest BCUT2D eigenvalue weighted by Crippen LogP contribution is -2.03. The smallest absolute Gasteiger partial charge is 0.123 e. The van der Waals surface area contributed by atoms with Crippen molar-refractivity contribution in [3.8, 4) is 6.07 Å². The summed E-state index contributed by atoms with van der Waals surface area (Å²) in [6.45, 7) is 0.224. The quantitative estimate of drug-likeness (QED) is 0.832. The van der Waals surface area contributed by atoms with Crippen LogP contribution < -0.4 is 5.32 Å². The first kappa shape index (κ1) is 14.9. The Morgan fingerprint density at radius 2 is 1.75 bits per heavy atom. The Balaban J connectivity index is 2.26. The van der Waals surface area contributed by atoms with Gasteiger partial charge in [0.1, 0.15) is 5.82 Å². The van der Waals surface area contributed by atoms with E-state index in [0.29, 0.717) is 31.9 Å². The fourth-order valence-corrected chi connectivity index (χ4v) is 2.66. The molecule has 2 rings (SSSR count). The van der Waals surface area contributed by atoms with E-state index in [1.807, 2.05) is 6.07 Å². The van der Waals surface area contributed by atoms with E-state index in [9.17, 15) is 4.39 Å². The second kappa shape index (κ2) is 6.32. The molecule has 0 fully saturated rings. The van der Waals surface area contributed by atoms with Gasteiger partial charge in [-0.3, -0.25) is 0 Å². The minimum Gasteiger partial charge on any atom is -0.379 e. The highest BCUT2D eigenvalue weighted by Crippen LogP contribution is 2.34. The van der Waals surface area contributed by atoms with E-state index in [1.54, 1.807) is 12.1 Å². The predicted molar refractivity (Wildman–Crippen MR) is 79.9 cm³/mol. The number of nitrogens with one attached hydrogen (secondary N) is 1. The van der Waals surface area contributed by atoms with Gasteiger partial charge in [-0.2, -0.15) is 5.26 Å². The molecule has 0 aliphatic rings. The summed E-state index contributed by atoms with van der Waals surface area (Å²) in [5, 5.41) is 13.1. The molecule has 0 aliphatic carbocycles. The minimum absolute atomic E-state index is 0.224. The van der Waals surface area contributed by atoms with Gasteiger partial charge >= 0.3 is 0 Å². The molecule has 6 heteroatoms. The largest absolute Gasteiger partial charge is 0.379 e. The van der Waals surface area contributed by atoms with Crippen molar-refractivity contribution in [1.82, 2.24) is 0 Å². The fourth-order valence-electron chi connectivity index (χ4n) is 1.71. The van der Waals surface area contributed by atoms with E-state index in [1.165, 1.54) is 18.2 Å². The lowest BCUT2D eigenvalue weighted by atomic mass is 10.1. The Morgan fingerprint density at radius 1 is 1.10 bits per heavy atom. The zero-order valence-electron chi connectivity index (χ0n) is 10.1. The van der Waals surface area contributed by atoms with Crippen LogP contribution in [0.2, 0.25) is 15.1 Å². The third-order valence-electron chi connectivity index (χ3n) is 2.65. The summed E-state index contributed by atoms with van der Waals surface area (Å²) < 4.78 is 13.2. The highest BCUT2D eigenvalue weighted by Gasteiger charge is 2.09. The van der Waals surface area contributed by atoms with Crippen molar-refractivity contribution >= 4 is 40.5 Å². The van der Waals surface area contributed by atoms with Crippen LogP contribution in [0.15, 0.2) is 30.3 Å². The maximum Gasteiger partial charge on any atom is 0.123 e. The topological polar surface area (TPSA) is 35.8 Å². The van der Waals surface area contributed by atoms with Crippen LogP contribution in [0.5, 0.6) is 0 Å². The van der Waals surface area contributed by atoms with Crippen LogP contribution in [0, 0.1) is 17.1 Å². The molecule has 0 atom stereocenters. The zero-order chi connectivity index (χ0) is 14.7. The summed E-state index contributed by atoms with van der Waals surface area (Å²) >= 11 is 17.9. The van der Waals surface area contributed by atoms with Crippen LogP contribution in [0.1, 0.15) is 11.1 Å². The molecule has 1 N–H and O–H groups in total. The van der Waals surface area contributed by atoms with E-state index in [4.69, 9.17) is 40.1 Å². The molecule has 0 spiro atoms. The molecule has 2 nitrogen and oxygen atoms in total. The average molecular weight is 330 g/mol. The Hall–Kier alpha value is -1.47. The summed E-state index contributed by atoms with van der Waals surface area (Å²) in [4.78, 5) is 0.